The molecule has 0 aromatic heterocycles. The Kier molecular flexibility index (Phi) is 1.83. The molecule has 1 heterocycles. The third-order valence-corrected chi connectivity index (χ3v) is 1.13. The van der Waals surface area contributed by atoms with Crippen LogP contribution in [0.15, 0.2) is 0 Å². The number of aliphatic hydroxyl groups excluding tert-OH is 1. The van der Waals surface area contributed by atoms with Gasteiger partial charge in [-0.25, -0.2) is 0 Å². The van der Waals surface area contributed by atoms with E-state index in [1.54, 1.807) is 4.90 Å². The Labute approximate surface area is 48.9 Å². The molecule has 0 saturated carbocycles. The lowest BCUT2D eigenvalue weighted by atomic mass is 10.4. The van der Waals surface area contributed by atoms with E-state index in [-0.39, 0.29) is 0 Å². The molecule has 1 atom stereocenters. The Morgan fingerprint density at radius 3 is 2.88 bits per heavy atom. The summed E-state index contributed by atoms with van der Waals surface area (Å²) in [7, 11) is 3.64. The highest BCUT2D eigenvalue weighted by atomic mass is 16.6. The van der Waals surface area contributed by atoms with Gasteiger partial charge in [0, 0.05) is 20.1 Å². The van der Waals surface area contributed by atoms with E-state index in [0.717, 1.165) is 6.54 Å². The Morgan fingerprint density at radius 2 is 2.50 bits per heavy atom. The van der Waals surface area contributed by atoms with E-state index < -0.39 is 6.29 Å². The molecule has 1 N–H and O–H groups in total. The van der Waals surface area contributed by atoms with E-state index in [0.29, 0.717) is 13.2 Å². The maximum atomic E-state index is 8.78. The number of aliphatic hydroxyl groups is 1. The lowest BCUT2D eigenvalue weighted by molar-refractivity contribution is -0.138. The lowest BCUT2D eigenvalue weighted by Gasteiger charge is -2.25. The maximum Gasteiger partial charge on any atom is 0.167 e. The predicted octanol–water partition coefficient (Wildman–Crippen LogP) is -0.571. The summed E-state index contributed by atoms with van der Waals surface area (Å²) in [5, 5.41) is 8.78. The molecule has 0 aliphatic carbocycles. The van der Waals surface area contributed by atoms with Gasteiger partial charge in [0.2, 0.25) is 0 Å². The Bertz CT molecular complexity index is 68.8. The van der Waals surface area contributed by atoms with Crippen molar-refractivity contribution in [3.05, 3.63) is 7.05 Å². The van der Waals surface area contributed by atoms with Gasteiger partial charge in [-0.15, -0.1) is 0 Å². The second-order valence-electron chi connectivity index (χ2n) is 1.90. The average Bonchev–Trinajstić information content (AvgIpc) is 1.64. The third-order valence-electron chi connectivity index (χ3n) is 1.13. The van der Waals surface area contributed by atoms with Crippen LogP contribution in [0.25, 0.3) is 0 Å². The number of rotatable bonds is 0. The number of ether oxygens (including phenoxy) is 1. The standard InChI is InChI=1S/C5H10NO2/c1-6-2-3-8-5(7)4-6/h5,7H,1-4H2. The van der Waals surface area contributed by atoms with Crippen LogP contribution < -0.4 is 0 Å². The average molecular weight is 116 g/mol. The molecular weight excluding hydrogens is 106 g/mol. The van der Waals surface area contributed by atoms with Crippen LogP contribution in [-0.4, -0.2) is 36.0 Å². The molecule has 1 saturated heterocycles. The highest BCUT2D eigenvalue weighted by Crippen LogP contribution is 1.98. The SMILES string of the molecule is [CH2]N1CCOC(O)C1. The first-order chi connectivity index (χ1) is 3.79. The molecule has 8 heavy (non-hydrogen) atoms. The summed E-state index contributed by atoms with van der Waals surface area (Å²) >= 11 is 0. The van der Waals surface area contributed by atoms with E-state index in [9.17, 15) is 0 Å². The second kappa shape index (κ2) is 2.44. The molecule has 1 unspecified atom stereocenters. The van der Waals surface area contributed by atoms with Crippen LogP contribution in [0.3, 0.4) is 0 Å². The first-order valence-electron chi connectivity index (χ1n) is 2.64. The molecule has 0 amide bonds. The third kappa shape index (κ3) is 1.43. The van der Waals surface area contributed by atoms with Crippen LogP contribution >= 0.6 is 0 Å². The summed E-state index contributed by atoms with van der Waals surface area (Å²) in [4.78, 5) is 1.79. The van der Waals surface area contributed by atoms with Crippen molar-refractivity contribution >= 4 is 0 Å². The van der Waals surface area contributed by atoms with Crippen molar-refractivity contribution in [1.29, 1.82) is 0 Å². The fourth-order valence-electron chi connectivity index (χ4n) is 0.683. The summed E-state index contributed by atoms with van der Waals surface area (Å²) in [6, 6.07) is 0. The first-order valence-corrected chi connectivity index (χ1v) is 2.64. The zero-order chi connectivity index (χ0) is 5.98. The van der Waals surface area contributed by atoms with E-state index in [1.807, 2.05) is 0 Å². The second-order valence-corrected chi connectivity index (χ2v) is 1.90. The van der Waals surface area contributed by atoms with Crippen molar-refractivity contribution < 1.29 is 9.84 Å². The summed E-state index contributed by atoms with van der Waals surface area (Å²) in [5.74, 6) is 0. The summed E-state index contributed by atoms with van der Waals surface area (Å²) in [5.41, 5.74) is 0. The smallest absolute Gasteiger partial charge is 0.167 e. The fraction of sp³-hybridized carbons (Fsp3) is 0.800. The van der Waals surface area contributed by atoms with Crippen LogP contribution in [0.4, 0.5) is 0 Å². The largest absolute Gasteiger partial charge is 0.367 e. The van der Waals surface area contributed by atoms with E-state index in [1.165, 1.54) is 0 Å². The molecule has 3 nitrogen and oxygen atoms in total. The minimum absolute atomic E-state index is 0.528. The molecule has 3 heteroatoms. The van der Waals surface area contributed by atoms with Crippen LogP contribution in [0, 0.1) is 7.05 Å². The number of hydrogen-bond donors (Lipinski definition) is 1. The molecule has 0 bridgehead atoms. The Balaban J connectivity index is 2.23. The highest BCUT2D eigenvalue weighted by Gasteiger charge is 2.13. The zero-order valence-electron chi connectivity index (χ0n) is 4.71. The zero-order valence-corrected chi connectivity index (χ0v) is 4.71. The van der Waals surface area contributed by atoms with E-state index in [2.05, 4.69) is 7.05 Å². The van der Waals surface area contributed by atoms with Gasteiger partial charge < -0.3 is 9.84 Å². The number of hydrogen-bond acceptors (Lipinski definition) is 3. The lowest BCUT2D eigenvalue weighted by Crippen LogP contribution is -2.38. The minimum Gasteiger partial charge on any atom is -0.367 e. The predicted molar refractivity (Wildman–Crippen MR) is 28.9 cm³/mol. The summed E-state index contributed by atoms with van der Waals surface area (Å²) in [6.07, 6.45) is -0.624. The van der Waals surface area contributed by atoms with Gasteiger partial charge in [-0.05, 0) is 0 Å². The fourth-order valence-corrected chi connectivity index (χ4v) is 0.683. The summed E-state index contributed by atoms with van der Waals surface area (Å²) in [6.45, 7) is 1.93. The molecule has 1 fully saturated rings. The molecule has 1 aliphatic heterocycles. The van der Waals surface area contributed by atoms with Gasteiger partial charge in [-0.1, -0.05) is 0 Å². The highest BCUT2D eigenvalue weighted by molar-refractivity contribution is 4.61. The normalized spacial score (nSPS) is 33.0. The van der Waals surface area contributed by atoms with Gasteiger partial charge in [0.15, 0.2) is 6.29 Å². The van der Waals surface area contributed by atoms with E-state index in [4.69, 9.17) is 9.84 Å². The van der Waals surface area contributed by atoms with Crippen molar-refractivity contribution in [3.63, 3.8) is 0 Å². The minimum atomic E-state index is -0.624. The van der Waals surface area contributed by atoms with Crippen molar-refractivity contribution in [3.8, 4) is 0 Å². The van der Waals surface area contributed by atoms with Crippen molar-refractivity contribution in [2.24, 2.45) is 0 Å². The van der Waals surface area contributed by atoms with Crippen LogP contribution in [-0.2, 0) is 4.74 Å². The number of β-amino-alcohol motifs (C(OH)–C–C–N with tert-alkyl or cyclic N) is 1. The van der Waals surface area contributed by atoms with Gasteiger partial charge in [0.05, 0.1) is 6.61 Å². The van der Waals surface area contributed by atoms with E-state index >= 15 is 0 Å². The Hall–Kier alpha value is -0.120. The molecule has 1 radical (unpaired) electrons. The van der Waals surface area contributed by atoms with Gasteiger partial charge >= 0.3 is 0 Å². The van der Waals surface area contributed by atoms with Crippen LogP contribution in [0.2, 0.25) is 0 Å². The molecule has 1 rings (SSSR count). The Morgan fingerprint density at radius 1 is 1.75 bits per heavy atom. The monoisotopic (exact) mass is 116 g/mol. The molecule has 0 spiro atoms. The van der Waals surface area contributed by atoms with Crippen molar-refractivity contribution in [1.82, 2.24) is 4.90 Å². The van der Waals surface area contributed by atoms with Gasteiger partial charge in [-0.2, -0.15) is 0 Å². The summed E-state index contributed by atoms with van der Waals surface area (Å²) < 4.78 is 4.82. The first kappa shape index (κ1) is 6.01. The maximum absolute atomic E-state index is 8.78. The molecular formula is C5H10NO2. The topological polar surface area (TPSA) is 32.7 Å². The molecule has 0 aromatic carbocycles. The molecule has 1 aliphatic rings. The molecule has 47 valence electrons. The van der Waals surface area contributed by atoms with Crippen molar-refractivity contribution in [2.45, 2.75) is 6.29 Å². The van der Waals surface area contributed by atoms with Gasteiger partial charge in [-0.3, -0.25) is 4.90 Å². The van der Waals surface area contributed by atoms with Crippen LogP contribution in [0.1, 0.15) is 0 Å². The van der Waals surface area contributed by atoms with Crippen LogP contribution in [0.5, 0.6) is 0 Å². The molecule has 0 aromatic rings. The number of nitrogens with zero attached hydrogens (tertiary/aromatic N) is 1. The quantitative estimate of drug-likeness (QED) is 0.460. The van der Waals surface area contributed by atoms with Gasteiger partial charge in [0.25, 0.3) is 0 Å². The van der Waals surface area contributed by atoms with Crippen molar-refractivity contribution in [2.75, 3.05) is 19.7 Å². The number of morpholine rings is 1. The van der Waals surface area contributed by atoms with Gasteiger partial charge in [0.1, 0.15) is 0 Å².